The number of carbonyl (C=O) groups excluding carboxylic acids is 1. The summed E-state index contributed by atoms with van der Waals surface area (Å²) in [4.78, 5) is 11.6. The second-order valence-electron chi connectivity index (χ2n) is 4.19. The van der Waals surface area contributed by atoms with Crippen molar-refractivity contribution in [2.45, 2.75) is 24.7 Å². The molecule has 2 rings (SSSR count). The predicted octanol–water partition coefficient (Wildman–Crippen LogP) is 2.44. The molecule has 1 aromatic carbocycles. The summed E-state index contributed by atoms with van der Waals surface area (Å²) in [5.41, 5.74) is 5.00. The summed E-state index contributed by atoms with van der Waals surface area (Å²) in [6.45, 7) is 0. The van der Waals surface area contributed by atoms with Crippen molar-refractivity contribution in [2.24, 2.45) is 5.73 Å². The molecule has 1 amide bonds. The van der Waals surface area contributed by atoms with Crippen LogP contribution in [-0.4, -0.2) is 17.8 Å². The minimum Gasteiger partial charge on any atom is -0.406 e. The molecular weight excluding hydrogens is 285 g/mol. The number of alkyl halides is 3. The Bertz CT molecular complexity index is 475. The molecule has 19 heavy (non-hydrogen) atoms. The van der Waals surface area contributed by atoms with Gasteiger partial charge in [-0.2, -0.15) is 0 Å². The molecule has 1 aliphatic carbocycles. The van der Waals surface area contributed by atoms with Gasteiger partial charge in [-0.15, -0.1) is 25.6 Å². The van der Waals surface area contributed by atoms with E-state index < -0.39 is 17.8 Å². The summed E-state index contributed by atoms with van der Waals surface area (Å²) >= 11 is 0. The third-order valence-electron chi connectivity index (χ3n) is 2.57. The Morgan fingerprint density at radius 2 is 2.00 bits per heavy atom. The average molecular weight is 297 g/mol. The summed E-state index contributed by atoms with van der Waals surface area (Å²) < 4.78 is 39.8. The van der Waals surface area contributed by atoms with E-state index in [2.05, 4.69) is 10.1 Å². The highest BCUT2D eigenvalue weighted by Gasteiger charge is 2.45. The fourth-order valence-electron chi connectivity index (χ4n) is 1.39. The first-order chi connectivity index (χ1) is 8.28. The molecule has 1 fully saturated rings. The smallest absolute Gasteiger partial charge is 0.406 e. The fourth-order valence-corrected chi connectivity index (χ4v) is 1.39. The molecule has 0 heterocycles. The molecule has 0 spiro atoms. The standard InChI is InChI=1S/C11H11F3N2O2.ClH/c12-11(13,14)18-8-3-1-2-7(6-8)16-9(17)10(15)4-5-10;/h1-3,6H,4-5,15H2,(H,16,17);1H. The zero-order valence-electron chi connectivity index (χ0n) is 9.66. The maximum atomic E-state index is 12.0. The SMILES string of the molecule is Cl.NC1(C(=O)Nc2cccc(OC(F)(F)F)c2)CC1. The first-order valence-electron chi connectivity index (χ1n) is 5.25. The minimum absolute atomic E-state index is 0. The predicted molar refractivity (Wildman–Crippen MR) is 65.2 cm³/mol. The Balaban J connectivity index is 0.00000180. The maximum absolute atomic E-state index is 12.0. The van der Waals surface area contributed by atoms with Crippen LogP contribution >= 0.6 is 12.4 Å². The van der Waals surface area contributed by atoms with Crippen LogP contribution < -0.4 is 15.8 Å². The van der Waals surface area contributed by atoms with Crippen LogP contribution in [0.25, 0.3) is 0 Å². The van der Waals surface area contributed by atoms with E-state index in [-0.39, 0.29) is 23.8 Å². The van der Waals surface area contributed by atoms with Gasteiger partial charge in [-0.05, 0) is 25.0 Å². The van der Waals surface area contributed by atoms with Crippen molar-refractivity contribution in [2.75, 3.05) is 5.32 Å². The van der Waals surface area contributed by atoms with Gasteiger partial charge in [0.25, 0.3) is 0 Å². The van der Waals surface area contributed by atoms with Gasteiger partial charge < -0.3 is 15.8 Å². The number of rotatable bonds is 3. The Kier molecular flexibility index (Phi) is 4.32. The second-order valence-corrected chi connectivity index (χ2v) is 4.19. The molecule has 0 radical (unpaired) electrons. The molecule has 1 aromatic rings. The fraction of sp³-hybridized carbons (Fsp3) is 0.364. The number of ether oxygens (including phenoxy) is 1. The molecule has 0 atom stereocenters. The Morgan fingerprint density at radius 3 is 2.53 bits per heavy atom. The van der Waals surface area contributed by atoms with Gasteiger partial charge in [0.15, 0.2) is 0 Å². The maximum Gasteiger partial charge on any atom is 0.573 e. The van der Waals surface area contributed by atoms with Gasteiger partial charge in [0, 0.05) is 11.8 Å². The molecular formula is C11H12ClF3N2O2. The molecule has 106 valence electrons. The van der Waals surface area contributed by atoms with Crippen LogP contribution in [0.5, 0.6) is 5.75 Å². The van der Waals surface area contributed by atoms with Gasteiger partial charge in [0.05, 0.1) is 5.54 Å². The number of nitrogens with one attached hydrogen (secondary N) is 1. The molecule has 0 saturated heterocycles. The minimum atomic E-state index is -4.76. The zero-order chi connectivity index (χ0) is 13.4. The van der Waals surface area contributed by atoms with Crippen LogP contribution in [0.3, 0.4) is 0 Å². The average Bonchev–Trinajstić information content (AvgIpc) is 2.95. The van der Waals surface area contributed by atoms with Gasteiger partial charge in [0.1, 0.15) is 5.75 Å². The molecule has 0 aliphatic heterocycles. The lowest BCUT2D eigenvalue weighted by Gasteiger charge is -2.12. The van der Waals surface area contributed by atoms with Crippen molar-refractivity contribution in [3.05, 3.63) is 24.3 Å². The van der Waals surface area contributed by atoms with Crippen LogP contribution in [0.1, 0.15) is 12.8 Å². The molecule has 8 heteroatoms. The molecule has 3 N–H and O–H groups in total. The van der Waals surface area contributed by atoms with Crippen LogP contribution in [-0.2, 0) is 4.79 Å². The number of halogens is 4. The van der Waals surface area contributed by atoms with Gasteiger partial charge >= 0.3 is 6.36 Å². The van der Waals surface area contributed by atoms with E-state index in [1.54, 1.807) is 0 Å². The zero-order valence-corrected chi connectivity index (χ0v) is 10.5. The molecule has 1 aliphatic rings. The third-order valence-corrected chi connectivity index (χ3v) is 2.57. The van der Waals surface area contributed by atoms with E-state index in [1.165, 1.54) is 12.1 Å². The Morgan fingerprint density at radius 1 is 1.37 bits per heavy atom. The molecule has 0 unspecified atom stereocenters. The van der Waals surface area contributed by atoms with Crippen LogP contribution in [0, 0.1) is 0 Å². The molecule has 0 bridgehead atoms. The largest absolute Gasteiger partial charge is 0.573 e. The number of hydrogen-bond acceptors (Lipinski definition) is 3. The molecule has 1 saturated carbocycles. The highest BCUT2D eigenvalue weighted by molar-refractivity contribution is 6.00. The van der Waals surface area contributed by atoms with Crippen molar-refractivity contribution in [3.63, 3.8) is 0 Å². The first-order valence-corrected chi connectivity index (χ1v) is 5.25. The first kappa shape index (κ1) is 15.6. The number of benzene rings is 1. The summed E-state index contributed by atoms with van der Waals surface area (Å²) in [5.74, 6) is -0.783. The highest BCUT2D eigenvalue weighted by Crippen LogP contribution is 2.33. The number of nitrogens with two attached hydrogens (primary N) is 1. The van der Waals surface area contributed by atoms with Gasteiger partial charge in [0.2, 0.25) is 5.91 Å². The Labute approximate surface area is 113 Å². The van der Waals surface area contributed by atoms with Crippen LogP contribution in [0.15, 0.2) is 24.3 Å². The van der Waals surface area contributed by atoms with E-state index in [0.29, 0.717) is 12.8 Å². The van der Waals surface area contributed by atoms with E-state index in [4.69, 9.17) is 5.73 Å². The monoisotopic (exact) mass is 296 g/mol. The number of carbonyl (C=O) groups is 1. The molecule has 0 aromatic heterocycles. The van der Waals surface area contributed by atoms with E-state index in [9.17, 15) is 18.0 Å². The summed E-state index contributed by atoms with van der Waals surface area (Å²) in [5, 5.41) is 2.46. The summed E-state index contributed by atoms with van der Waals surface area (Å²) in [6.07, 6.45) is -3.59. The number of hydrogen-bond donors (Lipinski definition) is 2. The van der Waals surface area contributed by atoms with Crippen molar-refractivity contribution < 1.29 is 22.7 Å². The summed E-state index contributed by atoms with van der Waals surface area (Å²) in [7, 11) is 0. The lowest BCUT2D eigenvalue weighted by atomic mass is 10.2. The van der Waals surface area contributed by atoms with Gasteiger partial charge in [-0.25, -0.2) is 0 Å². The van der Waals surface area contributed by atoms with Crippen LogP contribution in [0.2, 0.25) is 0 Å². The lowest BCUT2D eigenvalue weighted by molar-refractivity contribution is -0.274. The van der Waals surface area contributed by atoms with Crippen molar-refractivity contribution in [1.29, 1.82) is 0 Å². The van der Waals surface area contributed by atoms with E-state index in [0.717, 1.165) is 12.1 Å². The Hall–Kier alpha value is -1.47. The van der Waals surface area contributed by atoms with E-state index >= 15 is 0 Å². The molecule has 4 nitrogen and oxygen atoms in total. The van der Waals surface area contributed by atoms with Crippen molar-refractivity contribution in [1.82, 2.24) is 0 Å². The number of anilines is 1. The number of amides is 1. The highest BCUT2D eigenvalue weighted by atomic mass is 35.5. The van der Waals surface area contributed by atoms with E-state index in [1.807, 2.05) is 0 Å². The second kappa shape index (κ2) is 5.26. The van der Waals surface area contributed by atoms with Crippen molar-refractivity contribution in [3.8, 4) is 5.75 Å². The quantitative estimate of drug-likeness (QED) is 0.900. The third kappa shape index (κ3) is 4.29. The van der Waals surface area contributed by atoms with Crippen molar-refractivity contribution >= 4 is 24.0 Å². The van der Waals surface area contributed by atoms with Gasteiger partial charge in [-0.3, -0.25) is 4.79 Å². The topological polar surface area (TPSA) is 64.4 Å². The summed E-state index contributed by atoms with van der Waals surface area (Å²) in [6, 6.07) is 5.06. The normalized spacial score (nSPS) is 16.2. The van der Waals surface area contributed by atoms with Crippen LogP contribution in [0.4, 0.5) is 18.9 Å². The lowest BCUT2D eigenvalue weighted by Crippen LogP contribution is -2.37. The van der Waals surface area contributed by atoms with Gasteiger partial charge in [-0.1, -0.05) is 6.07 Å².